The minimum absolute atomic E-state index is 0.134. The zero-order valence-electron chi connectivity index (χ0n) is 16.4. The van der Waals surface area contributed by atoms with E-state index < -0.39 is 0 Å². The average Bonchev–Trinajstić information content (AvgIpc) is 2.67. The molecular weight excluding hydrogens is 320 g/mol. The molecule has 2 heteroatoms. The molecule has 2 aromatic rings. The van der Waals surface area contributed by atoms with Gasteiger partial charge in [-0.1, -0.05) is 69.7 Å². The Balaban J connectivity index is 1.89. The second kappa shape index (κ2) is 8.26. The summed E-state index contributed by atoms with van der Waals surface area (Å²) in [6.45, 7) is 7.38. The summed E-state index contributed by atoms with van der Waals surface area (Å²) in [4.78, 5) is 0. The summed E-state index contributed by atoms with van der Waals surface area (Å²) in [7, 11) is 0. The third kappa shape index (κ3) is 4.48. The lowest BCUT2D eigenvalue weighted by atomic mass is 9.78. The molecule has 0 amide bonds. The van der Waals surface area contributed by atoms with Crippen molar-refractivity contribution in [2.45, 2.75) is 76.9 Å². The van der Waals surface area contributed by atoms with E-state index in [4.69, 9.17) is 4.74 Å². The third-order valence-electron chi connectivity index (χ3n) is 6.00. The second-order valence-corrected chi connectivity index (χ2v) is 8.28. The maximum absolute atomic E-state index is 10.1. The molecule has 140 valence electrons. The summed E-state index contributed by atoms with van der Waals surface area (Å²) in [5, 5.41) is 10.1. The molecule has 2 unspecified atom stereocenters. The van der Waals surface area contributed by atoms with Crippen LogP contribution >= 0.6 is 0 Å². The van der Waals surface area contributed by atoms with Crippen molar-refractivity contribution in [3.05, 3.63) is 65.2 Å². The lowest BCUT2D eigenvalue weighted by Crippen LogP contribution is -2.20. The van der Waals surface area contributed by atoms with Crippen LogP contribution in [0.1, 0.15) is 75.5 Å². The van der Waals surface area contributed by atoms with Crippen LogP contribution in [0.5, 0.6) is 5.75 Å². The first-order valence-electron chi connectivity index (χ1n) is 9.99. The number of aliphatic hydroxyl groups excluding tert-OH is 1. The topological polar surface area (TPSA) is 29.5 Å². The van der Waals surface area contributed by atoms with Crippen molar-refractivity contribution in [1.29, 1.82) is 0 Å². The van der Waals surface area contributed by atoms with E-state index in [9.17, 15) is 5.11 Å². The Morgan fingerprint density at radius 1 is 1.08 bits per heavy atom. The minimum Gasteiger partial charge on any atom is -0.489 e. The molecule has 0 bridgehead atoms. The van der Waals surface area contributed by atoms with E-state index in [0.717, 1.165) is 37.9 Å². The fourth-order valence-electron chi connectivity index (χ4n) is 3.80. The quantitative estimate of drug-likeness (QED) is 0.694. The Morgan fingerprint density at radius 3 is 2.54 bits per heavy atom. The molecule has 2 atom stereocenters. The van der Waals surface area contributed by atoms with Gasteiger partial charge in [0.2, 0.25) is 0 Å². The smallest absolute Gasteiger partial charge is 0.123 e. The molecular formula is C24H32O2. The normalized spacial score (nSPS) is 20.8. The summed E-state index contributed by atoms with van der Waals surface area (Å²) < 4.78 is 6.31. The number of ether oxygens (including phenoxy) is 1. The molecule has 1 aliphatic rings. The van der Waals surface area contributed by atoms with E-state index in [-0.39, 0.29) is 11.5 Å². The van der Waals surface area contributed by atoms with Crippen LogP contribution in [0.25, 0.3) is 0 Å². The molecule has 2 aromatic carbocycles. The minimum atomic E-state index is -0.178. The maximum Gasteiger partial charge on any atom is 0.123 e. The predicted molar refractivity (Wildman–Crippen MR) is 108 cm³/mol. The molecule has 0 saturated heterocycles. The first-order chi connectivity index (χ1) is 12.5. The van der Waals surface area contributed by atoms with Crippen LogP contribution in [0.15, 0.2) is 48.5 Å². The number of rotatable bonds is 6. The van der Waals surface area contributed by atoms with Gasteiger partial charge in [0.15, 0.2) is 0 Å². The molecule has 26 heavy (non-hydrogen) atoms. The zero-order valence-corrected chi connectivity index (χ0v) is 16.4. The first kappa shape index (κ1) is 19.0. The molecule has 1 N–H and O–H groups in total. The van der Waals surface area contributed by atoms with Crippen molar-refractivity contribution < 1.29 is 9.84 Å². The van der Waals surface area contributed by atoms with Crippen molar-refractivity contribution in [2.24, 2.45) is 0 Å². The van der Waals surface area contributed by atoms with Crippen LogP contribution < -0.4 is 4.74 Å². The van der Waals surface area contributed by atoms with Crippen LogP contribution in [0.2, 0.25) is 0 Å². The Kier molecular flexibility index (Phi) is 6.03. The molecule has 0 aromatic heterocycles. The molecule has 0 aliphatic heterocycles. The van der Waals surface area contributed by atoms with E-state index in [1.807, 2.05) is 18.2 Å². The molecule has 3 rings (SSSR count). The van der Waals surface area contributed by atoms with Crippen molar-refractivity contribution in [3.8, 4) is 5.75 Å². The van der Waals surface area contributed by atoms with Gasteiger partial charge in [-0.25, -0.2) is 0 Å². The van der Waals surface area contributed by atoms with Gasteiger partial charge in [-0.2, -0.15) is 0 Å². The number of hydrogen-bond acceptors (Lipinski definition) is 2. The highest BCUT2D eigenvalue weighted by Crippen LogP contribution is 2.40. The Bertz CT molecular complexity index is 705. The monoisotopic (exact) mass is 352 g/mol. The molecule has 0 radical (unpaired) electrons. The van der Waals surface area contributed by atoms with Gasteiger partial charge < -0.3 is 9.84 Å². The van der Waals surface area contributed by atoms with Crippen molar-refractivity contribution in [3.63, 3.8) is 0 Å². The third-order valence-corrected chi connectivity index (χ3v) is 6.00. The molecule has 1 aliphatic carbocycles. The highest BCUT2D eigenvalue weighted by Gasteiger charge is 2.26. The highest BCUT2D eigenvalue weighted by molar-refractivity contribution is 5.43. The fraction of sp³-hybridized carbons (Fsp3) is 0.500. The summed E-state index contributed by atoms with van der Waals surface area (Å²) >= 11 is 0. The molecule has 1 saturated carbocycles. The SMILES string of the molecule is CCC(C)(C)c1ccc(C2CCCC(O)C2)c(OCc2ccccc2)c1. The van der Waals surface area contributed by atoms with Crippen LogP contribution in [0.4, 0.5) is 0 Å². The molecule has 1 fully saturated rings. The van der Waals surface area contributed by atoms with Gasteiger partial charge in [-0.05, 0) is 59.8 Å². The largest absolute Gasteiger partial charge is 0.489 e. The zero-order chi connectivity index (χ0) is 18.6. The highest BCUT2D eigenvalue weighted by atomic mass is 16.5. The Morgan fingerprint density at radius 2 is 1.85 bits per heavy atom. The van der Waals surface area contributed by atoms with Crippen molar-refractivity contribution in [1.82, 2.24) is 0 Å². The van der Waals surface area contributed by atoms with E-state index in [1.54, 1.807) is 0 Å². The summed E-state index contributed by atoms with van der Waals surface area (Å²) in [6.07, 6.45) is 4.91. The standard InChI is InChI=1S/C24H32O2/c1-4-24(2,3)20-13-14-22(19-11-8-12-21(25)15-19)23(16-20)26-17-18-9-6-5-7-10-18/h5-7,9-10,13-14,16,19,21,25H,4,8,11-12,15,17H2,1-3H3. The van der Waals surface area contributed by atoms with Crippen LogP contribution in [0, 0.1) is 0 Å². The summed E-state index contributed by atoms with van der Waals surface area (Å²) in [6, 6.07) is 17.1. The number of aliphatic hydroxyl groups is 1. The molecule has 0 spiro atoms. The Labute approximate surface area is 158 Å². The van der Waals surface area contributed by atoms with Gasteiger partial charge in [0.1, 0.15) is 12.4 Å². The van der Waals surface area contributed by atoms with Gasteiger partial charge in [-0.15, -0.1) is 0 Å². The van der Waals surface area contributed by atoms with Crippen LogP contribution in [-0.2, 0) is 12.0 Å². The van der Waals surface area contributed by atoms with E-state index in [0.29, 0.717) is 12.5 Å². The lowest BCUT2D eigenvalue weighted by molar-refractivity contribution is 0.118. The second-order valence-electron chi connectivity index (χ2n) is 8.28. The number of benzene rings is 2. The summed E-state index contributed by atoms with van der Waals surface area (Å²) in [5.41, 5.74) is 3.90. The van der Waals surface area contributed by atoms with Gasteiger partial charge in [0.25, 0.3) is 0 Å². The average molecular weight is 353 g/mol. The maximum atomic E-state index is 10.1. The van der Waals surface area contributed by atoms with Crippen molar-refractivity contribution in [2.75, 3.05) is 0 Å². The number of hydrogen-bond donors (Lipinski definition) is 1. The summed E-state index contributed by atoms with van der Waals surface area (Å²) in [5.74, 6) is 1.38. The molecule has 2 nitrogen and oxygen atoms in total. The first-order valence-corrected chi connectivity index (χ1v) is 9.99. The fourth-order valence-corrected chi connectivity index (χ4v) is 3.80. The van der Waals surface area contributed by atoms with Gasteiger partial charge >= 0.3 is 0 Å². The van der Waals surface area contributed by atoms with Gasteiger partial charge in [0.05, 0.1) is 6.10 Å². The van der Waals surface area contributed by atoms with Crippen molar-refractivity contribution >= 4 is 0 Å². The molecule has 0 heterocycles. The van der Waals surface area contributed by atoms with E-state index >= 15 is 0 Å². The predicted octanol–water partition coefficient (Wildman–Crippen LogP) is 5.97. The Hall–Kier alpha value is -1.80. The van der Waals surface area contributed by atoms with E-state index in [2.05, 4.69) is 51.1 Å². The van der Waals surface area contributed by atoms with Crippen LogP contribution in [-0.4, -0.2) is 11.2 Å². The van der Waals surface area contributed by atoms with Gasteiger partial charge in [0, 0.05) is 0 Å². The lowest BCUT2D eigenvalue weighted by Gasteiger charge is -2.30. The van der Waals surface area contributed by atoms with E-state index in [1.165, 1.54) is 16.7 Å². The van der Waals surface area contributed by atoms with Crippen LogP contribution in [0.3, 0.4) is 0 Å². The van der Waals surface area contributed by atoms with Gasteiger partial charge in [-0.3, -0.25) is 0 Å².